The number of carboxylic acids is 1. The summed E-state index contributed by atoms with van der Waals surface area (Å²) in [4.78, 5) is 10.7. The first-order chi connectivity index (χ1) is 12.5. The molecule has 1 saturated heterocycles. The van der Waals surface area contributed by atoms with Crippen LogP contribution in [0.5, 0.6) is 5.75 Å². The predicted octanol–water partition coefficient (Wildman–Crippen LogP) is 3.47. The first kappa shape index (κ1) is 18.7. The molecule has 6 nitrogen and oxygen atoms in total. The minimum atomic E-state index is -0.822. The SMILES string of the molecule is Cc1cc(CCC(=O)O)nn1Cc1cc(Cl)ccc1OCC1CCCO1. The fourth-order valence-electron chi connectivity index (χ4n) is 3.03. The summed E-state index contributed by atoms with van der Waals surface area (Å²) in [5, 5.41) is 14.0. The van der Waals surface area contributed by atoms with Gasteiger partial charge in [-0.1, -0.05) is 11.6 Å². The van der Waals surface area contributed by atoms with E-state index >= 15 is 0 Å². The quantitative estimate of drug-likeness (QED) is 0.761. The van der Waals surface area contributed by atoms with Gasteiger partial charge in [0.1, 0.15) is 12.4 Å². The first-order valence-corrected chi connectivity index (χ1v) is 9.17. The van der Waals surface area contributed by atoms with Crippen LogP contribution in [0.1, 0.15) is 36.2 Å². The summed E-state index contributed by atoms with van der Waals surface area (Å²) in [5.74, 6) is -0.0521. The lowest BCUT2D eigenvalue weighted by atomic mass is 10.2. The zero-order valence-corrected chi connectivity index (χ0v) is 15.5. The predicted molar refractivity (Wildman–Crippen MR) is 97.9 cm³/mol. The summed E-state index contributed by atoms with van der Waals surface area (Å²) in [6, 6.07) is 7.48. The lowest BCUT2D eigenvalue weighted by Crippen LogP contribution is -2.17. The van der Waals surface area contributed by atoms with Crippen LogP contribution in [-0.2, 0) is 22.5 Å². The molecule has 2 heterocycles. The molecule has 1 aromatic carbocycles. The summed E-state index contributed by atoms with van der Waals surface area (Å²) < 4.78 is 13.4. The second-order valence-corrected chi connectivity index (χ2v) is 6.96. The van der Waals surface area contributed by atoms with E-state index in [1.54, 1.807) is 0 Å². The average Bonchev–Trinajstić information content (AvgIpc) is 3.22. The molecule has 1 aromatic heterocycles. The third kappa shape index (κ3) is 4.99. The van der Waals surface area contributed by atoms with E-state index in [1.165, 1.54) is 0 Å². The van der Waals surface area contributed by atoms with E-state index in [9.17, 15) is 4.79 Å². The molecule has 0 bridgehead atoms. The normalized spacial score (nSPS) is 16.8. The van der Waals surface area contributed by atoms with Gasteiger partial charge in [0.05, 0.1) is 24.8 Å². The van der Waals surface area contributed by atoms with Gasteiger partial charge in [0, 0.05) is 29.3 Å². The molecule has 26 heavy (non-hydrogen) atoms. The molecule has 1 aliphatic heterocycles. The van der Waals surface area contributed by atoms with E-state index in [1.807, 2.05) is 35.9 Å². The number of aryl methyl sites for hydroxylation is 2. The molecule has 0 spiro atoms. The van der Waals surface area contributed by atoms with Crippen LogP contribution in [0.2, 0.25) is 5.02 Å². The van der Waals surface area contributed by atoms with E-state index in [2.05, 4.69) is 5.10 Å². The van der Waals surface area contributed by atoms with Gasteiger partial charge in [-0.2, -0.15) is 5.10 Å². The van der Waals surface area contributed by atoms with Gasteiger partial charge in [-0.15, -0.1) is 0 Å². The molecular weight excluding hydrogens is 356 g/mol. The van der Waals surface area contributed by atoms with Crippen LogP contribution in [0, 0.1) is 6.92 Å². The maximum absolute atomic E-state index is 10.7. The van der Waals surface area contributed by atoms with Gasteiger partial charge in [-0.05, 0) is 44.0 Å². The molecule has 1 aliphatic rings. The van der Waals surface area contributed by atoms with Crippen molar-refractivity contribution >= 4 is 17.6 Å². The van der Waals surface area contributed by atoms with Gasteiger partial charge in [0.15, 0.2) is 0 Å². The Morgan fingerprint density at radius 1 is 1.46 bits per heavy atom. The van der Waals surface area contributed by atoms with Gasteiger partial charge >= 0.3 is 5.97 Å². The standard InChI is InChI=1S/C19H23ClN2O4/c1-13-9-16(5-7-19(23)24)21-22(13)11-14-10-15(20)4-6-18(14)26-12-17-3-2-8-25-17/h4,6,9-10,17H,2-3,5,7-8,11-12H2,1H3,(H,23,24). The Kier molecular flexibility index (Phi) is 6.16. The highest BCUT2D eigenvalue weighted by Gasteiger charge is 2.17. The van der Waals surface area contributed by atoms with Crippen LogP contribution >= 0.6 is 11.6 Å². The molecule has 1 fully saturated rings. The number of hydrogen-bond acceptors (Lipinski definition) is 4. The maximum Gasteiger partial charge on any atom is 0.303 e. The van der Waals surface area contributed by atoms with Crippen molar-refractivity contribution in [2.45, 2.75) is 45.3 Å². The van der Waals surface area contributed by atoms with Crippen molar-refractivity contribution < 1.29 is 19.4 Å². The lowest BCUT2D eigenvalue weighted by molar-refractivity contribution is -0.136. The van der Waals surface area contributed by atoms with Crippen LogP contribution in [0.25, 0.3) is 0 Å². The minimum absolute atomic E-state index is 0.0728. The average molecular weight is 379 g/mol. The Bertz CT molecular complexity index is 769. The van der Waals surface area contributed by atoms with E-state index < -0.39 is 5.97 Å². The summed E-state index contributed by atoms with van der Waals surface area (Å²) in [7, 11) is 0. The van der Waals surface area contributed by atoms with Crippen LogP contribution in [0.4, 0.5) is 0 Å². The number of carboxylic acid groups (broad SMARTS) is 1. The molecule has 1 unspecified atom stereocenters. The summed E-state index contributed by atoms with van der Waals surface area (Å²) >= 11 is 6.16. The highest BCUT2D eigenvalue weighted by Crippen LogP contribution is 2.25. The lowest BCUT2D eigenvalue weighted by Gasteiger charge is -2.15. The topological polar surface area (TPSA) is 73.6 Å². The Morgan fingerprint density at radius 2 is 2.31 bits per heavy atom. The summed E-state index contributed by atoms with van der Waals surface area (Å²) in [6.45, 7) is 3.79. The first-order valence-electron chi connectivity index (χ1n) is 8.79. The number of hydrogen-bond donors (Lipinski definition) is 1. The Balaban J connectivity index is 1.71. The van der Waals surface area contributed by atoms with E-state index in [4.69, 9.17) is 26.2 Å². The fraction of sp³-hybridized carbons (Fsp3) is 0.474. The second kappa shape index (κ2) is 8.56. The van der Waals surface area contributed by atoms with Gasteiger partial charge in [0.2, 0.25) is 0 Å². The van der Waals surface area contributed by atoms with Crippen molar-refractivity contribution in [2.75, 3.05) is 13.2 Å². The number of aromatic nitrogens is 2. The molecule has 0 amide bonds. The number of rotatable bonds is 8. The second-order valence-electron chi connectivity index (χ2n) is 6.53. The van der Waals surface area contributed by atoms with Crippen molar-refractivity contribution in [3.05, 3.63) is 46.2 Å². The molecule has 0 saturated carbocycles. The largest absolute Gasteiger partial charge is 0.491 e. The molecule has 7 heteroatoms. The van der Waals surface area contributed by atoms with Crippen molar-refractivity contribution in [2.24, 2.45) is 0 Å². The molecule has 0 aliphatic carbocycles. The van der Waals surface area contributed by atoms with Crippen molar-refractivity contribution in [1.82, 2.24) is 9.78 Å². The van der Waals surface area contributed by atoms with Crippen LogP contribution < -0.4 is 4.74 Å². The number of carbonyl (C=O) groups is 1. The minimum Gasteiger partial charge on any atom is -0.491 e. The van der Waals surface area contributed by atoms with E-state index in [0.29, 0.717) is 24.6 Å². The zero-order valence-electron chi connectivity index (χ0n) is 14.8. The number of halogens is 1. The fourth-order valence-corrected chi connectivity index (χ4v) is 3.22. The molecule has 1 atom stereocenters. The van der Waals surface area contributed by atoms with E-state index in [-0.39, 0.29) is 12.5 Å². The molecule has 3 rings (SSSR count). The number of ether oxygens (including phenoxy) is 2. The summed E-state index contributed by atoms with van der Waals surface area (Å²) in [5.41, 5.74) is 2.68. The van der Waals surface area contributed by atoms with E-state index in [0.717, 1.165) is 42.1 Å². The monoisotopic (exact) mass is 378 g/mol. The molecule has 140 valence electrons. The van der Waals surface area contributed by atoms with Crippen molar-refractivity contribution in [3.63, 3.8) is 0 Å². The van der Waals surface area contributed by atoms with Gasteiger partial charge < -0.3 is 14.6 Å². The number of nitrogens with zero attached hydrogens (tertiary/aromatic N) is 2. The summed E-state index contributed by atoms with van der Waals surface area (Å²) in [6.07, 6.45) is 2.73. The molecule has 0 radical (unpaired) electrons. The third-order valence-electron chi connectivity index (χ3n) is 4.42. The Labute approximate surface area is 157 Å². The highest BCUT2D eigenvalue weighted by atomic mass is 35.5. The molecule has 1 N–H and O–H groups in total. The molecular formula is C19H23ClN2O4. The Hall–Kier alpha value is -2.05. The Morgan fingerprint density at radius 3 is 3.04 bits per heavy atom. The zero-order chi connectivity index (χ0) is 18.5. The van der Waals surface area contributed by atoms with Crippen LogP contribution in [-0.4, -0.2) is 40.2 Å². The van der Waals surface area contributed by atoms with Crippen molar-refractivity contribution in [1.29, 1.82) is 0 Å². The number of benzene rings is 1. The van der Waals surface area contributed by atoms with Crippen LogP contribution in [0.3, 0.4) is 0 Å². The maximum atomic E-state index is 10.7. The number of aliphatic carboxylic acids is 1. The van der Waals surface area contributed by atoms with Gasteiger partial charge in [-0.25, -0.2) is 0 Å². The van der Waals surface area contributed by atoms with Gasteiger partial charge in [-0.3, -0.25) is 9.48 Å². The highest BCUT2D eigenvalue weighted by molar-refractivity contribution is 6.30. The van der Waals surface area contributed by atoms with Crippen molar-refractivity contribution in [3.8, 4) is 5.75 Å². The van der Waals surface area contributed by atoms with Crippen LogP contribution in [0.15, 0.2) is 24.3 Å². The van der Waals surface area contributed by atoms with Gasteiger partial charge in [0.25, 0.3) is 0 Å². The molecule has 2 aromatic rings. The third-order valence-corrected chi connectivity index (χ3v) is 4.65. The smallest absolute Gasteiger partial charge is 0.303 e.